The second kappa shape index (κ2) is 8.55. The van der Waals surface area contributed by atoms with Crippen LogP contribution < -0.4 is 15.6 Å². The molecule has 5 nitrogen and oxygen atoms in total. The number of ether oxygens (including phenoxy) is 1. The first kappa shape index (κ1) is 15.4. The van der Waals surface area contributed by atoms with Crippen molar-refractivity contribution in [2.24, 2.45) is 5.84 Å². The summed E-state index contributed by atoms with van der Waals surface area (Å²) in [7, 11) is 0. The van der Waals surface area contributed by atoms with E-state index < -0.39 is 0 Å². The van der Waals surface area contributed by atoms with Gasteiger partial charge in [0.2, 0.25) is 0 Å². The number of aliphatic hydroxyl groups is 1. The van der Waals surface area contributed by atoms with Crippen LogP contribution in [0.4, 0.5) is 5.69 Å². The van der Waals surface area contributed by atoms with Crippen molar-refractivity contribution in [1.82, 2.24) is 0 Å². The smallest absolute Gasteiger partial charge is 0.144 e. The molecule has 0 aliphatic heterocycles. The van der Waals surface area contributed by atoms with Crippen molar-refractivity contribution in [2.45, 2.75) is 20.8 Å². The van der Waals surface area contributed by atoms with Crippen LogP contribution in [0.2, 0.25) is 0 Å². The van der Waals surface area contributed by atoms with Crippen molar-refractivity contribution in [1.29, 1.82) is 5.41 Å². The van der Waals surface area contributed by atoms with Crippen molar-refractivity contribution < 1.29 is 9.84 Å². The molecule has 0 unspecified atom stereocenters. The van der Waals surface area contributed by atoms with Gasteiger partial charge in [-0.05, 0) is 24.6 Å². The van der Waals surface area contributed by atoms with Gasteiger partial charge in [-0.3, -0.25) is 10.4 Å². The van der Waals surface area contributed by atoms with E-state index in [0.717, 1.165) is 11.9 Å². The van der Waals surface area contributed by atoms with Gasteiger partial charge < -0.3 is 9.84 Å². The number of rotatable bonds is 5. The number of hydrazine groups is 1. The van der Waals surface area contributed by atoms with Crippen LogP contribution in [0, 0.1) is 12.3 Å². The van der Waals surface area contributed by atoms with Crippen molar-refractivity contribution in [3.63, 3.8) is 0 Å². The third-order valence-electron chi connectivity index (χ3n) is 1.88. The van der Waals surface area contributed by atoms with Crippen LogP contribution in [0.1, 0.15) is 19.4 Å². The van der Waals surface area contributed by atoms with E-state index in [-0.39, 0.29) is 13.2 Å². The molecule has 96 valence electrons. The van der Waals surface area contributed by atoms with Gasteiger partial charge in [0.15, 0.2) is 0 Å². The molecule has 0 heterocycles. The predicted octanol–water partition coefficient (Wildman–Crippen LogP) is 1.68. The molecule has 0 saturated heterocycles. The lowest BCUT2D eigenvalue weighted by Crippen LogP contribution is -2.29. The topological polar surface area (TPSA) is 82.6 Å². The molecule has 0 aliphatic rings. The molecular weight excluding hydrogens is 218 g/mol. The van der Waals surface area contributed by atoms with Crippen LogP contribution >= 0.6 is 0 Å². The van der Waals surface area contributed by atoms with E-state index in [0.29, 0.717) is 11.4 Å². The fourth-order valence-corrected chi connectivity index (χ4v) is 1.18. The summed E-state index contributed by atoms with van der Waals surface area (Å²) in [5, 5.41) is 16.9. The van der Waals surface area contributed by atoms with Crippen LogP contribution in [-0.4, -0.2) is 24.7 Å². The molecule has 0 radical (unpaired) electrons. The molecule has 0 spiro atoms. The van der Waals surface area contributed by atoms with E-state index in [1.54, 1.807) is 6.07 Å². The fraction of sp³-hybridized carbons (Fsp3) is 0.417. The summed E-state index contributed by atoms with van der Waals surface area (Å²) in [5.74, 6) is 6.14. The molecule has 1 aromatic rings. The average molecular weight is 239 g/mol. The van der Waals surface area contributed by atoms with Crippen molar-refractivity contribution in [3.8, 4) is 5.75 Å². The fourth-order valence-electron chi connectivity index (χ4n) is 1.18. The third-order valence-corrected chi connectivity index (χ3v) is 1.88. The number of benzene rings is 1. The number of hydrogen-bond acceptors (Lipinski definition) is 4. The van der Waals surface area contributed by atoms with Crippen molar-refractivity contribution >= 4 is 12.0 Å². The van der Waals surface area contributed by atoms with Crippen LogP contribution in [0.5, 0.6) is 5.75 Å². The maximum Gasteiger partial charge on any atom is 0.144 e. The summed E-state index contributed by atoms with van der Waals surface area (Å²) in [5.41, 5.74) is 1.64. The normalized spacial score (nSPS) is 9.00. The Hall–Kier alpha value is -1.59. The van der Waals surface area contributed by atoms with Gasteiger partial charge in [-0.15, -0.1) is 0 Å². The Kier molecular flexibility index (Phi) is 7.75. The molecule has 1 aromatic carbocycles. The summed E-state index contributed by atoms with van der Waals surface area (Å²) in [4.78, 5) is 0. The standard InChI is InChI=1S/C10H15N3O2.C2H6/c1-8-2-3-10(15-5-4-14)9(6-8)13(12)7-11;1-2/h2-3,6-7,11,14H,4-5,12H2,1H3;1-2H3. The minimum Gasteiger partial charge on any atom is -0.489 e. The molecule has 0 bridgehead atoms. The van der Waals surface area contributed by atoms with E-state index in [4.69, 9.17) is 21.1 Å². The number of anilines is 1. The van der Waals surface area contributed by atoms with Gasteiger partial charge in [0, 0.05) is 0 Å². The SMILES string of the molecule is CC.Cc1ccc(OCCO)c(N(N)C=N)c1. The zero-order valence-corrected chi connectivity index (χ0v) is 10.6. The molecule has 0 saturated carbocycles. The van der Waals surface area contributed by atoms with Crippen LogP contribution in [0.15, 0.2) is 18.2 Å². The summed E-state index contributed by atoms with van der Waals surface area (Å²) in [6, 6.07) is 5.47. The monoisotopic (exact) mass is 239 g/mol. The minimum atomic E-state index is -0.0531. The zero-order valence-electron chi connectivity index (χ0n) is 10.6. The van der Waals surface area contributed by atoms with Crippen molar-refractivity contribution in [3.05, 3.63) is 23.8 Å². The second-order valence-electron chi connectivity index (χ2n) is 3.08. The van der Waals surface area contributed by atoms with Crippen LogP contribution in [0.25, 0.3) is 0 Å². The lowest BCUT2D eigenvalue weighted by Gasteiger charge is -2.17. The highest BCUT2D eigenvalue weighted by Crippen LogP contribution is 2.27. The maximum absolute atomic E-state index is 8.65. The molecule has 5 heteroatoms. The Balaban J connectivity index is 0.00000121. The Labute approximate surface area is 102 Å². The Morgan fingerprint density at radius 1 is 1.47 bits per heavy atom. The number of nitrogens with one attached hydrogen (secondary N) is 1. The first-order chi connectivity index (χ1) is 8.19. The molecule has 0 aromatic heterocycles. The maximum atomic E-state index is 8.65. The molecule has 1 rings (SSSR count). The van der Waals surface area contributed by atoms with Gasteiger partial charge in [-0.1, -0.05) is 19.9 Å². The van der Waals surface area contributed by atoms with Gasteiger partial charge in [-0.25, -0.2) is 5.84 Å². The Morgan fingerprint density at radius 3 is 2.65 bits per heavy atom. The summed E-state index contributed by atoms with van der Waals surface area (Å²) in [6.07, 6.45) is 1.00. The number of nitrogens with two attached hydrogens (primary N) is 1. The highest BCUT2D eigenvalue weighted by atomic mass is 16.5. The van der Waals surface area contributed by atoms with Crippen LogP contribution in [-0.2, 0) is 0 Å². The predicted molar refractivity (Wildman–Crippen MR) is 70.6 cm³/mol. The van der Waals surface area contributed by atoms with Gasteiger partial charge in [-0.2, -0.15) is 0 Å². The van der Waals surface area contributed by atoms with Gasteiger partial charge in [0.1, 0.15) is 24.4 Å². The number of hydrogen-bond donors (Lipinski definition) is 3. The van der Waals surface area contributed by atoms with E-state index in [9.17, 15) is 0 Å². The third kappa shape index (κ3) is 4.84. The lowest BCUT2D eigenvalue weighted by molar-refractivity contribution is 0.202. The van der Waals surface area contributed by atoms with E-state index in [2.05, 4.69) is 0 Å². The average Bonchev–Trinajstić information content (AvgIpc) is 2.38. The first-order valence-corrected chi connectivity index (χ1v) is 5.58. The Morgan fingerprint density at radius 2 is 2.12 bits per heavy atom. The number of aliphatic hydroxyl groups excluding tert-OH is 1. The van der Waals surface area contributed by atoms with Gasteiger partial charge in [0.05, 0.1) is 6.61 Å². The second-order valence-corrected chi connectivity index (χ2v) is 3.08. The Bertz CT molecular complexity index is 343. The largest absolute Gasteiger partial charge is 0.489 e. The number of nitrogens with zero attached hydrogens (tertiary/aromatic N) is 1. The highest BCUT2D eigenvalue weighted by molar-refractivity contribution is 5.79. The van der Waals surface area contributed by atoms with Gasteiger partial charge in [0.25, 0.3) is 0 Å². The molecular formula is C12H21N3O2. The quantitative estimate of drug-likeness (QED) is 0.316. The van der Waals surface area contributed by atoms with E-state index in [1.807, 2.05) is 32.9 Å². The summed E-state index contributed by atoms with van der Waals surface area (Å²) < 4.78 is 5.29. The zero-order chi connectivity index (χ0) is 13.3. The molecule has 0 amide bonds. The molecule has 4 N–H and O–H groups in total. The lowest BCUT2D eigenvalue weighted by atomic mass is 10.2. The molecule has 0 fully saturated rings. The summed E-state index contributed by atoms with van der Waals surface area (Å²) in [6.45, 7) is 6.08. The van der Waals surface area contributed by atoms with Crippen LogP contribution in [0.3, 0.4) is 0 Å². The summed E-state index contributed by atoms with van der Waals surface area (Å²) >= 11 is 0. The van der Waals surface area contributed by atoms with E-state index in [1.165, 1.54) is 5.01 Å². The molecule has 0 aliphatic carbocycles. The molecule has 17 heavy (non-hydrogen) atoms. The van der Waals surface area contributed by atoms with Crippen molar-refractivity contribution in [2.75, 3.05) is 18.2 Å². The minimum absolute atomic E-state index is 0.0531. The van der Waals surface area contributed by atoms with E-state index >= 15 is 0 Å². The highest BCUT2D eigenvalue weighted by Gasteiger charge is 2.07. The number of aryl methyl sites for hydroxylation is 1. The molecule has 0 atom stereocenters. The first-order valence-electron chi connectivity index (χ1n) is 5.58. The van der Waals surface area contributed by atoms with Gasteiger partial charge >= 0.3 is 0 Å².